The molecule has 0 amide bonds. The Morgan fingerprint density at radius 1 is 1.33 bits per heavy atom. The molecule has 0 aliphatic heterocycles. The third-order valence-corrected chi connectivity index (χ3v) is 1.88. The predicted octanol–water partition coefficient (Wildman–Crippen LogP) is 2.93. The van der Waals surface area contributed by atoms with E-state index in [0.717, 1.165) is 11.0 Å². The summed E-state index contributed by atoms with van der Waals surface area (Å²) in [5, 5.41) is 0. The van der Waals surface area contributed by atoms with Gasteiger partial charge >= 0.3 is 0 Å². The Kier molecular flexibility index (Phi) is 5.55. The summed E-state index contributed by atoms with van der Waals surface area (Å²) in [6.45, 7) is 0.999. The van der Waals surface area contributed by atoms with Crippen molar-refractivity contribution in [3.63, 3.8) is 0 Å². The maximum absolute atomic E-state index is 3.43. The molecule has 0 aliphatic rings. The molecule has 1 aromatic rings. The van der Waals surface area contributed by atoms with Gasteiger partial charge in [-0.05, 0) is 31.8 Å². The highest BCUT2D eigenvalue weighted by Crippen LogP contribution is 2.12. The fourth-order valence-corrected chi connectivity index (χ4v) is 1.45. The summed E-state index contributed by atoms with van der Waals surface area (Å²) in [6, 6.07) is 8.37. The van der Waals surface area contributed by atoms with Gasteiger partial charge in [-0.2, -0.15) is 0 Å². The van der Waals surface area contributed by atoms with Crippen molar-refractivity contribution in [1.29, 1.82) is 0 Å². The number of hydrogen-bond acceptors (Lipinski definition) is 1. The maximum atomic E-state index is 3.43. The highest BCUT2D eigenvalue weighted by Gasteiger charge is 1.94. The molecule has 0 atom stereocenters. The second-order valence-corrected chi connectivity index (χ2v) is 3.78. The normalized spacial score (nSPS) is 9.67. The van der Waals surface area contributed by atoms with Crippen molar-refractivity contribution in [2.24, 2.45) is 0 Å². The lowest BCUT2D eigenvalue weighted by molar-refractivity contribution is 0.402. The predicted molar refractivity (Wildman–Crippen MR) is 58.8 cm³/mol. The Labute approximate surface area is 88.3 Å². The topological polar surface area (TPSA) is 3.24 Å². The molecular formula is C9H13BrClN. The van der Waals surface area contributed by atoms with Gasteiger partial charge in [0.25, 0.3) is 0 Å². The van der Waals surface area contributed by atoms with Crippen molar-refractivity contribution in [3.05, 3.63) is 34.3 Å². The van der Waals surface area contributed by atoms with Crippen LogP contribution >= 0.6 is 28.3 Å². The van der Waals surface area contributed by atoms with E-state index in [9.17, 15) is 0 Å². The van der Waals surface area contributed by atoms with Gasteiger partial charge < -0.3 is 4.90 Å². The van der Waals surface area contributed by atoms with Crippen LogP contribution in [0.1, 0.15) is 5.56 Å². The Hall–Kier alpha value is -0.0500. The molecule has 1 rings (SSSR count). The number of halogens is 2. The zero-order chi connectivity index (χ0) is 8.27. The zero-order valence-corrected chi connectivity index (χ0v) is 9.65. The third-order valence-electron chi connectivity index (χ3n) is 1.39. The van der Waals surface area contributed by atoms with Crippen LogP contribution < -0.4 is 0 Å². The lowest BCUT2D eigenvalue weighted by Gasteiger charge is -2.08. The first kappa shape index (κ1) is 11.9. The SMILES string of the molecule is CN(C)Cc1cccc(Br)c1.Cl. The molecule has 0 aromatic heterocycles. The van der Waals surface area contributed by atoms with Crippen LogP contribution in [0.25, 0.3) is 0 Å². The first-order valence-corrected chi connectivity index (χ1v) is 4.37. The van der Waals surface area contributed by atoms with E-state index in [1.807, 2.05) is 6.07 Å². The number of benzene rings is 1. The van der Waals surface area contributed by atoms with Crippen LogP contribution in [-0.4, -0.2) is 19.0 Å². The van der Waals surface area contributed by atoms with E-state index in [1.165, 1.54) is 5.56 Å². The molecule has 1 aromatic carbocycles. The van der Waals surface area contributed by atoms with E-state index in [-0.39, 0.29) is 12.4 Å². The van der Waals surface area contributed by atoms with Crippen LogP contribution in [0.2, 0.25) is 0 Å². The average molecular weight is 251 g/mol. The summed E-state index contributed by atoms with van der Waals surface area (Å²) in [5.74, 6) is 0. The summed E-state index contributed by atoms with van der Waals surface area (Å²) in [6.07, 6.45) is 0. The van der Waals surface area contributed by atoms with E-state index in [1.54, 1.807) is 0 Å². The fraction of sp³-hybridized carbons (Fsp3) is 0.333. The Bertz CT molecular complexity index is 238. The van der Waals surface area contributed by atoms with E-state index in [4.69, 9.17) is 0 Å². The number of rotatable bonds is 2. The molecule has 0 spiro atoms. The van der Waals surface area contributed by atoms with Crippen LogP contribution in [0.15, 0.2) is 28.7 Å². The van der Waals surface area contributed by atoms with Gasteiger partial charge in [0.1, 0.15) is 0 Å². The summed E-state index contributed by atoms with van der Waals surface area (Å²) >= 11 is 3.43. The molecule has 68 valence electrons. The van der Waals surface area contributed by atoms with E-state index in [2.05, 4.69) is 53.1 Å². The third kappa shape index (κ3) is 4.10. The largest absolute Gasteiger partial charge is 0.305 e. The van der Waals surface area contributed by atoms with Crippen molar-refractivity contribution < 1.29 is 0 Å². The Morgan fingerprint density at radius 2 is 2.00 bits per heavy atom. The van der Waals surface area contributed by atoms with Gasteiger partial charge in [-0.25, -0.2) is 0 Å². The molecule has 0 fully saturated rings. The van der Waals surface area contributed by atoms with Crippen LogP contribution in [-0.2, 0) is 6.54 Å². The van der Waals surface area contributed by atoms with E-state index in [0.29, 0.717) is 0 Å². The molecular weight excluding hydrogens is 237 g/mol. The average Bonchev–Trinajstić information content (AvgIpc) is 1.85. The van der Waals surface area contributed by atoms with Crippen molar-refractivity contribution in [2.45, 2.75) is 6.54 Å². The van der Waals surface area contributed by atoms with Crippen molar-refractivity contribution in [3.8, 4) is 0 Å². The number of nitrogens with zero attached hydrogens (tertiary/aromatic N) is 1. The Morgan fingerprint density at radius 3 is 2.50 bits per heavy atom. The molecule has 0 unspecified atom stereocenters. The molecule has 3 heteroatoms. The van der Waals surface area contributed by atoms with Gasteiger partial charge in [-0.3, -0.25) is 0 Å². The second-order valence-electron chi connectivity index (χ2n) is 2.87. The molecule has 0 bridgehead atoms. The number of hydrogen-bond donors (Lipinski definition) is 0. The van der Waals surface area contributed by atoms with Gasteiger partial charge in [0.15, 0.2) is 0 Å². The fourth-order valence-electron chi connectivity index (χ4n) is 1.00. The van der Waals surface area contributed by atoms with Crippen molar-refractivity contribution in [1.82, 2.24) is 4.90 Å². The van der Waals surface area contributed by atoms with Crippen molar-refractivity contribution in [2.75, 3.05) is 14.1 Å². The smallest absolute Gasteiger partial charge is 0.0228 e. The Balaban J connectivity index is 0.00000121. The van der Waals surface area contributed by atoms with Gasteiger partial charge in [-0.1, -0.05) is 28.1 Å². The van der Waals surface area contributed by atoms with Crippen molar-refractivity contribution >= 4 is 28.3 Å². The van der Waals surface area contributed by atoms with Gasteiger partial charge in [0.05, 0.1) is 0 Å². The molecule has 1 nitrogen and oxygen atoms in total. The van der Waals surface area contributed by atoms with Crippen LogP contribution in [0.4, 0.5) is 0 Å². The van der Waals surface area contributed by atoms with Crippen LogP contribution in [0.5, 0.6) is 0 Å². The van der Waals surface area contributed by atoms with Gasteiger partial charge in [0.2, 0.25) is 0 Å². The quantitative estimate of drug-likeness (QED) is 0.780. The lowest BCUT2D eigenvalue weighted by atomic mass is 10.2. The van der Waals surface area contributed by atoms with E-state index >= 15 is 0 Å². The van der Waals surface area contributed by atoms with Gasteiger partial charge in [-0.15, -0.1) is 12.4 Å². The molecule has 0 N–H and O–H groups in total. The zero-order valence-electron chi connectivity index (χ0n) is 7.25. The maximum Gasteiger partial charge on any atom is 0.0228 e. The molecule has 0 heterocycles. The summed E-state index contributed by atoms with van der Waals surface area (Å²) < 4.78 is 1.15. The first-order chi connectivity index (χ1) is 5.18. The molecule has 0 aliphatic carbocycles. The summed E-state index contributed by atoms with van der Waals surface area (Å²) in [5.41, 5.74) is 1.34. The van der Waals surface area contributed by atoms with Gasteiger partial charge in [0, 0.05) is 11.0 Å². The van der Waals surface area contributed by atoms with Crippen LogP contribution in [0, 0.1) is 0 Å². The standard InChI is InChI=1S/C9H12BrN.ClH/c1-11(2)7-8-4-3-5-9(10)6-8;/h3-6H,7H2,1-2H3;1H. The second kappa shape index (κ2) is 5.57. The first-order valence-electron chi connectivity index (χ1n) is 3.57. The highest BCUT2D eigenvalue weighted by molar-refractivity contribution is 9.10. The van der Waals surface area contributed by atoms with E-state index < -0.39 is 0 Å². The molecule has 0 saturated carbocycles. The summed E-state index contributed by atoms with van der Waals surface area (Å²) in [4.78, 5) is 2.15. The highest BCUT2D eigenvalue weighted by atomic mass is 79.9. The lowest BCUT2D eigenvalue weighted by Crippen LogP contribution is -2.10. The summed E-state index contributed by atoms with van der Waals surface area (Å²) in [7, 11) is 4.14. The molecule has 0 radical (unpaired) electrons. The minimum absolute atomic E-state index is 0. The monoisotopic (exact) mass is 249 g/mol. The minimum Gasteiger partial charge on any atom is -0.305 e. The molecule has 12 heavy (non-hydrogen) atoms. The van der Waals surface area contributed by atoms with Crippen LogP contribution in [0.3, 0.4) is 0 Å². The minimum atomic E-state index is 0. The molecule has 0 saturated heterocycles.